The molecule has 1 atom stereocenters. The van der Waals surface area contributed by atoms with Crippen molar-refractivity contribution in [2.24, 2.45) is 0 Å². The Morgan fingerprint density at radius 1 is 1.30 bits per heavy atom. The zero-order valence-corrected chi connectivity index (χ0v) is 17.0. The van der Waals surface area contributed by atoms with Gasteiger partial charge in [0.25, 0.3) is 0 Å². The van der Waals surface area contributed by atoms with Crippen molar-refractivity contribution < 1.29 is 9.53 Å². The van der Waals surface area contributed by atoms with Crippen LogP contribution in [0.4, 0.5) is 0 Å². The maximum absolute atomic E-state index is 12.1. The van der Waals surface area contributed by atoms with Crippen molar-refractivity contribution >= 4 is 5.91 Å². The highest BCUT2D eigenvalue weighted by atomic mass is 16.5. The molecule has 1 aromatic carbocycles. The number of fused-ring (bicyclic) bond motifs is 1. The number of carbonyl (C=O) groups is 1. The molecule has 1 amide bonds. The number of hydrogen-bond donors (Lipinski definition) is 1. The van der Waals surface area contributed by atoms with Crippen molar-refractivity contribution in [3.63, 3.8) is 0 Å². The predicted molar refractivity (Wildman–Crippen MR) is 109 cm³/mol. The van der Waals surface area contributed by atoms with Crippen LogP contribution in [0.1, 0.15) is 43.7 Å². The number of unbranched alkanes of at least 4 members (excludes halogenated alkanes) is 1. The third-order valence-corrected chi connectivity index (χ3v) is 6.07. The molecule has 1 heterocycles. The molecule has 1 aliphatic heterocycles. The van der Waals surface area contributed by atoms with E-state index in [0.717, 1.165) is 70.6 Å². The molecule has 3 rings (SSSR count). The van der Waals surface area contributed by atoms with Crippen LogP contribution in [0.5, 0.6) is 5.75 Å². The van der Waals surface area contributed by atoms with Gasteiger partial charge in [0.1, 0.15) is 5.75 Å². The quantitative estimate of drug-likeness (QED) is 0.711. The predicted octanol–water partition coefficient (Wildman–Crippen LogP) is 2.48. The van der Waals surface area contributed by atoms with Gasteiger partial charge in [-0.05, 0) is 81.4 Å². The number of rotatable bonds is 8. The lowest BCUT2D eigenvalue weighted by molar-refractivity contribution is -0.129. The molecule has 1 saturated heterocycles. The third-order valence-electron chi connectivity index (χ3n) is 6.07. The topological polar surface area (TPSA) is 44.8 Å². The van der Waals surface area contributed by atoms with E-state index in [0.29, 0.717) is 12.6 Å². The molecule has 2 aliphatic rings. The molecular formula is C22H35N3O2. The number of hydrogen-bond acceptors (Lipinski definition) is 4. The van der Waals surface area contributed by atoms with Crippen LogP contribution in [0, 0.1) is 0 Å². The third kappa shape index (κ3) is 5.45. The van der Waals surface area contributed by atoms with E-state index in [4.69, 9.17) is 4.74 Å². The summed E-state index contributed by atoms with van der Waals surface area (Å²) in [6.45, 7) is 7.77. The molecule has 1 aliphatic carbocycles. The molecule has 0 spiro atoms. The Balaban J connectivity index is 1.46. The van der Waals surface area contributed by atoms with Crippen molar-refractivity contribution in [2.75, 3.05) is 46.4 Å². The minimum absolute atomic E-state index is 0.262. The summed E-state index contributed by atoms with van der Waals surface area (Å²) in [5.41, 5.74) is 2.93. The molecule has 27 heavy (non-hydrogen) atoms. The lowest BCUT2D eigenvalue weighted by Crippen LogP contribution is -2.40. The molecule has 0 aromatic heterocycles. The van der Waals surface area contributed by atoms with Gasteiger partial charge in [-0.3, -0.25) is 4.79 Å². The van der Waals surface area contributed by atoms with Crippen LogP contribution < -0.4 is 10.1 Å². The number of likely N-dealkylation sites (N-methyl/N-ethyl adjacent to an activating group) is 1. The van der Waals surface area contributed by atoms with Crippen LogP contribution in [0.2, 0.25) is 0 Å². The normalized spacial score (nSPS) is 20.5. The fraction of sp³-hybridized carbons (Fsp3) is 0.682. The number of amides is 1. The second-order valence-corrected chi connectivity index (χ2v) is 7.78. The fourth-order valence-electron chi connectivity index (χ4n) is 4.43. The van der Waals surface area contributed by atoms with Gasteiger partial charge >= 0.3 is 0 Å². The fourth-order valence-corrected chi connectivity index (χ4v) is 4.43. The Bertz CT molecular complexity index is 620. The van der Waals surface area contributed by atoms with E-state index < -0.39 is 0 Å². The molecule has 0 radical (unpaired) electrons. The Kier molecular flexibility index (Phi) is 7.53. The van der Waals surface area contributed by atoms with E-state index >= 15 is 0 Å². The lowest BCUT2D eigenvalue weighted by Gasteiger charge is -2.35. The molecule has 1 fully saturated rings. The summed E-state index contributed by atoms with van der Waals surface area (Å²) in [6.07, 6.45) is 6.85. The minimum Gasteiger partial charge on any atom is -0.497 e. The molecule has 150 valence electrons. The van der Waals surface area contributed by atoms with Crippen molar-refractivity contribution in [3.8, 4) is 5.75 Å². The van der Waals surface area contributed by atoms with Gasteiger partial charge in [-0.15, -0.1) is 0 Å². The number of nitrogens with zero attached hydrogens (tertiary/aromatic N) is 2. The van der Waals surface area contributed by atoms with Gasteiger partial charge in [0.15, 0.2) is 0 Å². The summed E-state index contributed by atoms with van der Waals surface area (Å²) in [4.78, 5) is 16.7. The van der Waals surface area contributed by atoms with Crippen LogP contribution in [0.15, 0.2) is 18.2 Å². The number of ether oxygens (including phenoxy) is 1. The average molecular weight is 374 g/mol. The second-order valence-electron chi connectivity index (χ2n) is 7.78. The molecule has 1 unspecified atom stereocenters. The number of carbonyl (C=O) groups excluding carboxylic acids is 1. The highest BCUT2D eigenvalue weighted by Crippen LogP contribution is 2.28. The Hall–Kier alpha value is -1.59. The molecule has 1 N–H and O–H groups in total. The van der Waals surface area contributed by atoms with Gasteiger partial charge < -0.3 is 19.9 Å². The lowest BCUT2D eigenvalue weighted by atomic mass is 9.87. The minimum atomic E-state index is 0.262. The zero-order chi connectivity index (χ0) is 19.1. The first kappa shape index (κ1) is 20.2. The summed E-state index contributed by atoms with van der Waals surface area (Å²) in [6, 6.07) is 7.15. The van der Waals surface area contributed by atoms with Crippen molar-refractivity contribution in [1.82, 2.24) is 15.1 Å². The summed E-state index contributed by atoms with van der Waals surface area (Å²) < 4.78 is 5.41. The zero-order valence-electron chi connectivity index (χ0n) is 17.0. The average Bonchev–Trinajstić information content (AvgIpc) is 2.91. The Labute approximate surface area is 164 Å². The van der Waals surface area contributed by atoms with Crippen LogP contribution in [-0.4, -0.2) is 68.1 Å². The van der Waals surface area contributed by atoms with Crippen molar-refractivity contribution in [1.29, 1.82) is 0 Å². The van der Waals surface area contributed by atoms with E-state index in [1.807, 2.05) is 4.90 Å². The first-order valence-electron chi connectivity index (χ1n) is 10.6. The summed E-state index contributed by atoms with van der Waals surface area (Å²) in [5.74, 6) is 1.23. The van der Waals surface area contributed by atoms with E-state index in [1.54, 1.807) is 7.11 Å². The van der Waals surface area contributed by atoms with Crippen molar-refractivity contribution in [2.45, 2.75) is 51.5 Å². The largest absolute Gasteiger partial charge is 0.497 e. The number of nitrogens with one attached hydrogen (secondary N) is 1. The molecule has 0 saturated carbocycles. The maximum Gasteiger partial charge on any atom is 0.236 e. The monoisotopic (exact) mass is 373 g/mol. The standard InChI is InChI=1S/C22H35N3O2/c1-3-24(12-4-5-13-25-14-6-11-23-17-22(25)26)20-9-7-18-8-10-21(27-2)16-19(18)15-20/h8,10,16,20,23H,3-7,9,11-15,17H2,1-2H3. The molecule has 0 bridgehead atoms. The van der Waals surface area contributed by atoms with Crippen molar-refractivity contribution in [3.05, 3.63) is 29.3 Å². The Morgan fingerprint density at radius 3 is 3.00 bits per heavy atom. The van der Waals surface area contributed by atoms with Gasteiger partial charge in [0, 0.05) is 19.1 Å². The van der Waals surface area contributed by atoms with Gasteiger partial charge in [-0.1, -0.05) is 13.0 Å². The number of methoxy groups -OCH3 is 1. The highest BCUT2D eigenvalue weighted by molar-refractivity contribution is 5.78. The van der Waals surface area contributed by atoms with Gasteiger partial charge in [0.2, 0.25) is 5.91 Å². The van der Waals surface area contributed by atoms with E-state index in [9.17, 15) is 4.79 Å². The molecule has 1 aromatic rings. The summed E-state index contributed by atoms with van der Waals surface area (Å²) in [7, 11) is 1.74. The second kappa shape index (κ2) is 10.1. The first-order valence-corrected chi connectivity index (χ1v) is 10.6. The number of aryl methyl sites for hydroxylation is 1. The maximum atomic E-state index is 12.1. The van der Waals surface area contributed by atoms with Crippen LogP contribution >= 0.6 is 0 Å². The molecular weight excluding hydrogens is 338 g/mol. The van der Waals surface area contributed by atoms with Crippen LogP contribution in [0.25, 0.3) is 0 Å². The first-order chi connectivity index (χ1) is 13.2. The van der Waals surface area contributed by atoms with E-state index in [1.165, 1.54) is 17.5 Å². The van der Waals surface area contributed by atoms with Crippen LogP contribution in [-0.2, 0) is 17.6 Å². The van der Waals surface area contributed by atoms with Gasteiger partial charge in [-0.2, -0.15) is 0 Å². The van der Waals surface area contributed by atoms with E-state index in [2.05, 4.69) is 35.3 Å². The summed E-state index contributed by atoms with van der Waals surface area (Å²) in [5, 5.41) is 3.20. The van der Waals surface area contributed by atoms with Gasteiger partial charge in [0.05, 0.1) is 13.7 Å². The highest BCUT2D eigenvalue weighted by Gasteiger charge is 2.23. The Morgan fingerprint density at radius 2 is 2.19 bits per heavy atom. The number of benzene rings is 1. The van der Waals surface area contributed by atoms with E-state index in [-0.39, 0.29) is 5.91 Å². The molecule has 5 nitrogen and oxygen atoms in total. The van der Waals surface area contributed by atoms with Crippen LogP contribution in [0.3, 0.4) is 0 Å². The van der Waals surface area contributed by atoms with Gasteiger partial charge in [-0.25, -0.2) is 0 Å². The smallest absolute Gasteiger partial charge is 0.236 e. The summed E-state index contributed by atoms with van der Waals surface area (Å²) >= 11 is 0. The SMILES string of the molecule is CCN(CCCCN1CCCNCC1=O)C1CCc2ccc(OC)cc2C1. The molecule has 5 heteroatoms.